The molecule has 0 saturated heterocycles. The van der Waals surface area contributed by atoms with E-state index < -0.39 is 0 Å². The van der Waals surface area contributed by atoms with Gasteiger partial charge in [0, 0.05) is 32.1 Å². The van der Waals surface area contributed by atoms with Crippen LogP contribution in [-0.2, 0) is 4.84 Å². The third-order valence-electron chi connectivity index (χ3n) is 2.42. The Kier molecular flexibility index (Phi) is 4.93. The molecule has 0 amide bonds. The van der Waals surface area contributed by atoms with Gasteiger partial charge in [-0.15, -0.1) is 0 Å². The predicted octanol–water partition coefficient (Wildman–Crippen LogP) is 0.499. The fourth-order valence-corrected chi connectivity index (χ4v) is 1.77. The summed E-state index contributed by atoms with van der Waals surface area (Å²) in [5.41, 5.74) is 3.66. The zero-order valence-electron chi connectivity index (χ0n) is 9.05. The molecule has 0 aromatic rings. The largest absolute Gasteiger partial charge is 0.413 e. The van der Waals surface area contributed by atoms with Crippen molar-refractivity contribution in [3.8, 4) is 0 Å². The normalized spacial score (nSPS) is 18.8. The zero-order valence-corrected chi connectivity index (χ0v) is 9.05. The van der Waals surface area contributed by atoms with Gasteiger partial charge in [-0.25, -0.2) is 0 Å². The molecule has 0 saturated carbocycles. The first-order valence-corrected chi connectivity index (χ1v) is 5.19. The highest BCUT2D eigenvalue weighted by molar-refractivity contribution is 5.14. The van der Waals surface area contributed by atoms with Crippen molar-refractivity contribution in [1.82, 2.24) is 10.4 Å². The number of rotatable bonds is 5. The minimum atomic E-state index is 0.0945. The van der Waals surface area contributed by atoms with Crippen LogP contribution in [0.2, 0.25) is 0 Å². The van der Waals surface area contributed by atoms with Crippen molar-refractivity contribution in [3.05, 3.63) is 11.3 Å². The molecule has 0 aromatic heterocycles. The Labute approximate surface area is 85.5 Å². The van der Waals surface area contributed by atoms with E-state index in [1.54, 1.807) is 7.05 Å². The summed E-state index contributed by atoms with van der Waals surface area (Å²) in [6.45, 7) is 5.21. The molecule has 4 nitrogen and oxygen atoms in total. The van der Waals surface area contributed by atoms with Crippen molar-refractivity contribution < 1.29 is 9.94 Å². The maximum absolute atomic E-state index is 9.18. The SMILES string of the molecule is CCCN1CCC(ONC)=C(CO)C1. The third-order valence-corrected chi connectivity index (χ3v) is 2.42. The lowest BCUT2D eigenvalue weighted by atomic mass is 10.1. The molecule has 1 rings (SSSR count). The Morgan fingerprint density at radius 3 is 2.93 bits per heavy atom. The first-order valence-electron chi connectivity index (χ1n) is 5.19. The Hall–Kier alpha value is -0.580. The smallest absolute Gasteiger partial charge is 0.128 e. The van der Waals surface area contributed by atoms with E-state index in [0.29, 0.717) is 0 Å². The number of hydroxylamine groups is 1. The van der Waals surface area contributed by atoms with E-state index in [0.717, 1.165) is 43.8 Å². The van der Waals surface area contributed by atoms with E-state index in [4.69, 9.17) is 4.84 Å². The van der Waals surface area contributed by atoms with Gasteiger partial charge in [0.05, 0.1) is 6.61 Å². The van der Waals surface area contributed by atoms with Gasteiger partial charge in [0.15, 0.2) is 0 Å². The average molecular weight is 200 g/mol. The molecule has 2 N–H and O–H groups in total. The fraction of sp³-hybridized carbons (Fsp3) is 0.800. The number of aliphatic hydroxyl groups excluding tert-OH is 1. The molecule has 1 aliphatic rings. The Morgan fingerprint density at radius 1 is 1.57 bits per heavy atom. The molecule has 82 valence electrons. The summed E-state index contributed by atoms with van der Waals surface area (Å²) < 4.78 is 0. The van der Waals surface area contributed by atoms with E-state index in [2.05, 4.69) is 17.3 Å². The maximum atomic E-state index is 9.18. The van der Waals surface area contributed by atoms with Crippen molar-refractivity contribution in [2.45, 2.75) is 19.8 Å². The summed E-state index contributed by atoms with van der Waals surface area (Å²) in [4.78, 5) is 7.60. The lowest BCUT2D eigenvalue weighted by molar-refractivity contribution is 0.0948. The molecule has 14 heavy (non-hydrogen) atoms. The van der Waals surface area contributed by atoms with Crippen molar-refractivity contribution in [2.24, 2.45) is 0 Å². The first-order chi connectivity index (χ1) is 6.81. The van der Waals surface area contributed by atoms with E-state index in [9.17, 15) is 5.11 Å². The minimum absolute atomic E-state index is 0.0945. The van der Waals surface area contributed by atoms with Crippen LogP contribution < -0.4 is 5.48 Å². The van der Waals surface area contributed by atoms with Gasteiger partial charge in [0.2, 0.25) is 0 Å². The fourth-order valence-electron chi connectivity index (χ4n) is 1.77. The Bertz CT molecular complexity index is 204. The van der Waals surface area contributed by atoms with Gasteiger partial charge in [-0.2, -0.15) is 5.48 Å². The highest BCUT2D eigenvalue weighted by atomic mass is 16.6. The van der Waals surface area contributed by atoms with E-state index >= 15 is 0 Å². The van der Waals surface area contributed by atoms with Crippen LogP contribution in [0.25, 0.3) is 0 Å². The van der Waals surface area contributed by atoms with Crippen LogP contribution in [-0.4, -0.2) is 43.3 Å². The molecule has 0 radical (unpaired) electrons. The van der Waals surface area contributed by atoms with Gasteiger partial charge in [-0.05, 0) is 13.0 Å². The summed E-state index contributed by atoms with van der Waals surface area (Å²) in [6.07, 6.45) is 2.04. The molecule has 0 bridgehead atoms. The summed E-state index contributed by atoms with van der Waals surface area (Å²) in [5, 5.41) is 9.18. The average Bonchev–Trinajstić information content (AvgIpc) is 2.21. The lowest BCUT2D eigenvalue weighted by Crippen LogP contribution is -2.34. The summed E-state index contributed by atoms with van der Waals surface area (Å²) in [6, 6.07) is 0. The van der Waals surface area contributed by atoms with Crippen molar-refractivity contribution in [1.29, 1.82) is 0 Å². The predicted molar refractivity (Wildman–Crippen MR) is 55.6 cm³/mol. The minimum Gasteiger partial charge on any atom is -0.413 e. The summed E-state index contributed by atoms with van der Waals surface area (Å²) in [5.74, 6) is 0.905. The van der Waals surface area contributed by atoms with Crippen LogP contribution in [0.5, 0.6) is 0 Å². The van der Waals surface area contributed by atoms with Crippen molar-refractivity contribution >= 4 is 0 Å². The van der Waals surface area contributed by atoms with Crippen LogP contribution in [0.4, 0.5) is 0 Å². The lowest BCUT2D eigenvalue weighted by Gasteiger charge is -2.29. The zero-order chi connectivity index (χ0) is 10.4. The highest BCUT2D eigenvalue weighted by Crippen LogP contribution is 2.17. The van der Waals surface area contributed by atoms with Crippen LogP contribution in [0.1, 0.15) is 19.8 Å². The second-order valence-electron chi connectivity index (χ2n) is 3.52. The Balaban J connectivity index is 2.55. The van der Waals surface area contributed by atoms with Crippen LogP contribution in [0, 0.1) is 0 Å². The highest BCUT2D eigenvalue weighted by Gasteiger charge is 2.18. The quantitative estimate of drug-likeness (QED) is 0.634. The molecular weight excluding hydrogens is 180 g/mol. The third kappa shape index (κ3) is 2.97. The molecular formula is C10H20N2O2. The van der Waals surface area contributed by atoms with E-state index in [1.165, 1.54) is 0 Å². The topological polar surface area (TPSA) is 44.7 Å². The molecule has 0 unspecified atom stereocenters. The van der Waals surface area contributed by atoms with Crippen LogP contribution in [0.15, 0.2) is 11.3 Å². The first kappa shape index (κ1) is 11.5. The molecule has 1 aliphatic heterocycles. The van der Waals surface area contributed by atoms with Gasteiger partial charge in [-0.3, -0.25) is 4.90 Å². The van der Waals surface area contributed by atoms with Gasteiger partial charge >= 0.3 is 0 Å². The molecule has 0 aliphatic carbocycles. The molecule has 0 atom stereocenters. The number of aliphatic hydroxyl groups is 1. The number of nitrogens with zero attached hydrogens (tertiary/aromatic N) is 1. The second kappa shape index (κ2) is 6.01. The number of nitrogens with one attached hydrogen (secondary N) is 1. The van der Waals surface area contributed by atoms with Crippen LogP contribution >= 0.6 is 0 Å². The molecule has 0 fully saturated rings. The standard InChI is InChI=1S/C10H20N2O2/c1-3-5-12-6-4-10(14-11-2)9(7-12)8-13/h11,13H,3-8H2,1-2H3. The van der Waals surface area contributed by atoms with E-state index in [1.807, 2.05) is 0 Å². The molecule has 0 spiro atoms. The van der Waals surface area contributed by atoms with Crippen LogP contribution in [0.3, 0.4) is 0 Å². The molecule has 1 heterocycles. The monoisotopic (exact) mass is 200 g/mol. The molecule has 4 heteroatoms. The summed E-state index contributed by atoms with van der Waals surface area (Å²) >= 11 is 0. The summed E-state index contributed by atoms with van der Waals surface area (Å²) in [7, 11) is 1.74. The number of hydrogen-bond acceptors (Lipinski definition) is 4. The second-order valence-corrected chi connectivity index (χ2v) is 3.52. The van der Waals surface area contributed by atoms with Gasteiger partial charge in [0.25, 0.3) is 0 Å². The van der Waals surface area contributed by atoms with Crippen molar-refractivity contribution in [3.63, 3.8) is 0 Å². The number of hydrogen-bond donors (Lipinski definition) is 2. The Morgan fingerprint density at radius 2 is 2.36 bits per heavy atom. The van der Waals surface area contributed by atoms with Gasteiger partial charge in [-0.1, -0.05) is 6.92 Å². The van der Waals surface area contributed by atoms with Crippen molar-refractivity contribution in [2.75, 3.05) is 33.3 Å². The maximum Gasteiger partial charge on any atom is 0.128 e. The van der Waals surface area contributed by atoms with Gasteiger partial charge in [0.1, 0.15) is 5.76 Å². The van der Waals surface area contributed by atoms with E-state index in [-0.39, 0.29) is 6.61 Å². The molecule has 0 aromatic carbocycles. The van der Waals surface area contributed by atoms with Gasteiger partial charge < -0.3 is 9.94 Å².